The van der Waals surface area contributed by atoms with Gasteiger partial charge in [0.2, 0.25) is 82.7 Å². The first-order valence-corrected chi connectivity index (χ1v) is 37.3. The normalized spacial score (nSPS) is 23.4. The maximum atomic E-state index is 15.1. The smallest absolute Gasteiger partial charge is 0.245 e. The zero-order valence-electron chi connectivity index (χ0n) is 62.0. The number of amides is 14. The van der Waals surface area contributed by atoms with Crippen LogP contribution in [0.1, 0.15) is 103 Å². The van der Waals surface area contributed by atoms with Crippen molar-refractivity contribution in [2.75, 3.05) is 37.7 Å². The number of aliphatic hydroxyl groups is 1. The van der Waals surface area contributed by atoms with Crippen LogP contribution < -0.4 is 92.5 Å². The molecule has 109 heavy (non-hydrogen) atoms. The number of aromatic nitrogens is 2. The van der Waals surface area contributed by atoms with Gasteiger partial charge in [-0.1, -0.05) is 115 Å². The van der Waals surface area contributed by atoms with Crippen molar-refractivity contribution in [1.29, 1.82) is 0 Å². The van der Waals surface area contributed by atoms with E-state index < -0.39 is 192 Å². The van der Waals surface area contributed by atoms with Gasteiger partial charge in [-0.3, -0.25) is 72.1 Å². The van der Waals surface area contributed by atoms with Crippen LogP contribution in [-0.2, 0) is 86.4 Å². The Morgan fingerprint density at radius 2 is 0.945 bits per heavy atom. The summed E-state index contributed by atoms with van der Waals surface area (Å²) >= 11 is 0.860. The Balaban J connectivity index is 1.41. The van der Waals surface area contributed by atoms with Gasteiger partial charge in [-0.15, -0.1) is 11.8 Å². The van der Waals surface area contributed by atoms with Crippen molar-refractivity contribution < 1.29 is 72.2 Å². The third-order valence-electron chi connectivity index (χ3n) is 18.3. The molecule has 6 rings (SSSR count). The minimum absolute atomic E-state index is 0.0358. The minimum Gasteiger partial charge on any atom is -0.394 e. The number of nitrogens with two attached hydrogens (primary N) is 5. The van der Waals surface area contributed by atoms with Crippen LogP contribution in [0.2, 0.25) is 0 Å². The number of aliphatic hydroxyl groups excluding tert-OH is 1. The number of carbonyl (C=O) groups excluding carboxylic acids is 14. The lowest BCUT2D eigenvalue weighted by Gasteiger charge is -2.29. The van der Waals surface area contributed by atoms with E-state index in [1.807, 2.05) is 0 Å². The van der Waals surface area contributed by atoms with E-state index in [1.165, 1.54) is 0 Å². The van der Waals surface area contributed by atoms with E-state index in [-0.39, 0.29) is 76.2 Å². The predicted octanol–water partition coefficient (Wildman–Crippen LogP) is -3.23. The summed E-state index contributed by atoms with van der Waals surface area (Å²) in [5.41, 5.74) is 31.6. The molecule has 3 aromatic carbocycles. The second kappa shape index (κ2) is 43.0. The van der Waals surface area contributed by atoms with Crippen molar-refractivity contribution in [1.82, 2.24) is 73.8 Å². The zero-order chi connectivity index (χ0) is 80.0. The Morgan fingerprint density at radius 1 is 0.495 bits per heavy atom. The number of hydrogen-bond donors (Lipinski definition) is 20. The number of nitrogens with one attached hydrogen (secondary N) is 14. The van der Waals surface area contributed by atoms with Gasteiger partial charge in [-0.05, 0) is 85.2 Å². The van der Waals surface area contributed by atoms with Crippen LogP contribution in [0.25, 0.3) is 21.8 Å². The van der Waals surface area contributed by atoms with Gasteiger partial charge in [-0.2, -0.15) is 0 Å². The molecule has 12 atom stereocenters. The second-order valence-corrected chi connectivity index (χ2v) is 28.5. The third-order valence-corrected chi connectivity index (χ3v) is 19.4. The van der Waals surface area contributed by atoms with Crippen LogP contribution in [0.5, 0.6) is 0 Å². The summed E-state index contributed by atoms with van der Waals surface area (Å²) in [7, 11) is 0. The number of aliphatic imine (C=N–C) groups is 1. The number of H-pyrrole nitrogens is 2. The SMILES string of the molecule is CC[C@H](C)[C@@H]1NC(=O)[C@@H](Cc2ccccc2)NC(=O)CSC[C@@H](C(N)=O)NC(=O)[C@H](C(C)C)NC(=O)[C@H](Cc2c[nH]c3ccccc23)NC(=O)[C@H](CCCN=C(N)N)NC(=O)[C@H](C(C)C)NC(=O)[C@H](Cc2c[nH]c3ccccc23)NC(=O)[C@H](CC(N)=O)NC(=O)[C@H](CCCCN)NC(=O)CNC(=O)[C@H](CO)NC1=O. The Bertz CT molecular complexity index is 4030. The molecule has 0 unspecified atom stereocenters. The molecular weight excluding hydrogens is 1430 g/mol. The second-order valence-electron chi connectivity index (χ2n) is 27.5. The van der Waals surface area contributed by atoms with E-state index in [0.717, 1.165) is 11.8 Å². The van der Waals surface area contributed by atoms with Crippen LogP contribution in [0.4, 0.5) is 0 Å². The van der Waals surface area contributed by atoms with E-state index in [0.29, 0.717) is 44.9 Å². The van der Waals surface area contributed by atoms with E-state index in [1.54, 1.807) is 133 Å². The number of guanidine groups is 1. The molecule has 0 aliphatic carbocycles. The molecular formula is C73H104N20O15S. The number of benzene rings is 3. The van der Waals surface area contributed by atoms with E-state index in [9.17, 15) is 62.6 Å². The summed E-state index contributed by atoms with van der Waals surface area (Å²) in [5.74, 6) is -16.5. The summed E-state index contributed by atoms with van der Waals surface area (Å²) in [5, 5.41) is 43.0. The van der Waals surface area contributed by atoms with Crippen molar-refractivity contribution in [3.05, 3.63) is 108 Å². The molecule has 0 bridgehead atoms. The van der Waals surface area contributed by atoms with Crippen molar-refractivity contribution in [2.24, 2.45) is 51.4 Å². The average Bonchev–Trinajstić information content (AvgIpc) is 1.71. The zero-order valence-corrected chi connectivity index (χ0v) is 62.8. The maximum absolute atomic E-state index is 15.1. The van der Waals surface area contributed by atoms with Crippen LogP contribution in [-0.4, -0.2) is 208 Å². The standard InChI is InChI=1S/C73H104N20O15S/c1-7-40(6)61-72(108)89-54(35-94)63(99)82-34-57(96)83-48(24-15-16-26-74)64(100)88-53(31-56(75)95)66(102)87-52(30-43-33-81-47-23-14-12-21-45(43)47)69(105)91-59(38(2)3)70(106)85-49(25-17-27-79-73(77)78)65(101)86-51(29-42-32-80-46-22-13-11-20-44(42)46)68(104)92-60(39(4)5)71(107)90-55(62(76)98)36-109-37-58(97)84-50(67(103)93-61)28-41-18-9-8-10-19-41/h8-14,18-23,32-33,38-40,48-55,59-61,80-81,94H,7,15-17,24-31,34-37,74H2,1-6H3,(H2,75,95)(H2,76,98)(H,82,99)(H,83,96)(H,84,97)(H,85,106)(H,86,101)(H,87,102)(H,88,100)(H,89,108)(H,90,107)(H,91,105)(H,92,104)(H,93,103)(H4,77,78,79)/t40-,48-,49-,50+,51-,52-,53-,54-,55-,59-,60-,61-/m0/s1. The van der Waals surface area contributed by atoms with Crippen LogP contribution in [0.15, 0.2) is 96.2 Å². The number of para-hydroxylation sites is 2. The fourth-order valence-electron chi connectivity index (χ4n) is 12.0. The molecule has 0 radical (unpaired) electrons. The summed E-state index contributed by atoms with van der Waals surface area (Å²) in [6.45, 7) is 8.02. The molecule has 5 aromatic rings. The molecule has 25 N–H and O–H groups in total. The fraction of sp³-hybridized carbons (Fsp3) is 0.493. The number of rotatable bonds is 22. The number of primary amides is 2. The summed E-state index contributed by atoms with van der Waals surface area (Å²) in [6, 6.07) is 5.90. The van der Waals surface area contributed by atoms with Crippen LogP contribution >= 0.6 is 11.8 Å². The van der Waals surface area contributed by atoms with E-state index in [2.05, 4.69) is 78.8 Å². The van der Waals surface area contributed by atoms with Gasteiger partial charge >= 0.3 is 0 Å². The van der Waals surface area contributed by atoms with Gasteiger partial charge in [0, 0.05) is 65.8 Å². The Labute approximate surface area is 634 Å². The summed E-state index contributed by atoms with van der Waals surface area (Å²) in [4.78, 5) is 210. The number of fused-ring (bicyclic) bond motifs is 2. The molecule has 1 fully saturated rings. The highest BCUT2D eigenvalue weighted by Gasteiger charge is 2.39. The summed E-state index contributed by atoms with van der Waals surface area (Å²) in [6.07, 6.45) is 2.43. The minimum atomic E-state index is -1.83. The first-order chi connectivity index (χ1) is 51.9. The number of hydrogen-bond acceptors (Lipinski definition) is 18. The average molecular weight is 1530 g/mol. The van der Waals surface area contributed by atoms with Crippen LogP contribution in [0.3, 0.4) is 0 Å². The molecule has 14 amide bonds. The first-order valence-electron chi connectivity index (χ1n) is 36.2. The third kappa shape index (κ3) is 26.9. The molecule has 592 valence electrons. The molecule has 36 heteroatoms. The Morgan fingerprint density at radius 3 is 1.46 bits per heavy atom. The lowest BCUT2D eigenvalue weighted by Crippen LogP contribution is -2.62. The number of nitrogens with zero attached hydrogens (tertiary/aromatic N) is 1. The predicted molar refractivity (Wildman–Crippen MR) is 408 cm³/mol. The highest BCUT2D eigenvalue weighted by atomic mass is 32.2. The molecule has 1 saturated heterocycles. The quantitative estimate of drug-likeness (QED) is 0.0184. The van der Waals surface area contributed by atoms with Crippen molar-refractivity contribution >= 4 is 122 Å². The number of thioether (sulfide) groups is 1. The van der Waals surface area contributed by atoms with Gasteiger partial charge in [0.25, 0.3) is 0 Å². The number of unbranched alkanes of at least 4 members (excludes halogenated alkanes) is 1. The van der Waals surface area contributed by atoms with Gasteiger partial charge in [0.05, 0.1) is 25.3 Å². The van der Waals surface area contributed by atoms with E-state index in [4.69, 9.17) is 28.7 Å². The number of aromatic amines is 2. The maximum Gasteiger partial charge on any atom is 0.245 e. The molecule has 1 aliphatic rings. The van der Waals surface area contributed by atoms with Crippen molar-refractivity contribution in [2.45, 2.75) is 172 Å². The number of carbonyl (C=O) groups is 14. The van der Waals surface area contributed by atoms with E-state index >= 15 is 9.59 Å². The van der Waals surface area contributed by atoms with Crippen LogP contribution in [0, 0.1) is 17.8 Å². The largest absolute Gasteiger partial charge is 0.394 e. The molecule has 0 saturated carbocycles. The molecule has 2 aromatic heterocycles. The lowest BCUT2D eigenvalue weighted by molar-refractivity contribution is -0.137. The molecule has 35 nitrogen and oxygen atoms in total. The van der Waals surface area contributed by atoms with Gasteiger partial charge < -0.3 is 108 Å². The van der Waals surface area contributed by atoms with Gasteiger partial charge in [0.15, 0.2) is 5.96 Å². The Hall–Kier alpha value is -11.1. The molecule has 0 spiro atoms. The molecule has 3 heterocycles. The molecule has 1 aliphatic heterocycles. The topological polar surface area (TPSA) is 578 Å². The Kier molecular flexibility index (Phi) is 34.2. The van der Waals surface area contributed by atoms with Gasteiger partial charge in [0.1, 0.15) is 66.5 Å². The lowest BCUT2D eigenvalue weighted by atomic mass is 9.96. The fourth-order valence-corrected chi connectivity index (χ4v) is 12.9. The van der Waals surface area contributed by atoms with Crippen molar-refractivity contribution in [3.63, 3.8) is 0 Å². The first kappa shape index (κ1) is 86.8. The van der Waals surface area contributed by atoms with Gasteiger partial charge in [-0.25, -0.2) is 0 Å². The highest BCUT2D eigenvalue weighted by Crippen LogP contribution is 2.23. The summed E-state index contributed by atoms with van der Waals surface area (Å²) < 4.78 is 0. The monoisotopic (exact) mass is 1530 g/mol. The highest BCUT2D eigenvalue weighted by molar-refractivity contribution is 8.00. The van der Waals surface area contributed by atoms with Crippen molar-refractivity contribution in [3.8, 4) is 0 Å².